The zero-order chi connectivity index (χ0) is 29.2. The Morgan fingerprint density at radius 1 is 0.951 bits per heavy atom. The van der Waals surface area contributed by atoms with E-state index in [9.17, 15) is 19.5 Å². The third-order valence-corrected chi connectivity index (χ3v) is 11.2. The minimum absolute atomic E-state index is 0.101. The first-order valence-electron chi connectivity index (χ1n) is 14.9. The zero-order valence-electron chi connectivity index (χ0n) is 24.3. The lowest BCUT2D eigenvalue weighted by atomic mass is 9.66. The Hall–Kier alpha value is -3.04. The Morgan fingerprint density at radius 3 is 2.27 bits per heavy atom. The van der Waals surface area contributed by atoms with Crippen LogP contribution < -0.4 is 15.5 Å². The third kappa shape index (κ3) is 5.34. The van der Waals surface area contributed by atoms with E-state index >= 15 is 0 Å². The molecule has 5 rings (SSSR count). The number of aliphatic hydroxyl groups is 1. The van der Waals surface area contributed by atoms with E-state index in [2.05, 4.69) is 36.3 Å². The number of rotatable bonds is 12. The van der Waals surface area contributed by atoms with Crippen LogP contribution in [0, 0.1) is 11.8 Å². The smallest absolute Gasteiger partial charge is 0.248 e. The van der Waals surface area contributed by atoms with Crippen molar-refractivity contribution < 1.29 is 19.5 Å². The van der Waals surface area contributed by atoms with Crippen LogP contribution in [0.25, 0.3) is 0 Å². The molecule has 8 nitrogen and oxygen atoms in total. The molecule has 2 bridgehead atoms. The molecule has 3 fully saturated rings. The maximum atomic E-state index is 14.2. The zero-order valence-corrected chi connectivity index (χ0v) is 25.1. The second-order valence-corrected chi connectivity index (χ2v) is 13.5. The molecule has 3 heterocycles. The maximum Gasteiger partial charge on any atom is 0.248 e. The van der Waals surface area contributed by atoms with Crippen LogP contribution >= 0.6 is 11.8 Å². The van der Waals surface area contributed by atoms with Gasteiger partial charge in [0, 0.05) is 48.1 Å². The fraction of sp³-hybridized carbons (Fsp3) is 0.531. The Kier molecular flexibility index (Phi) is 8.66. The van der Waals surface area contributed by atoms with Gasteiger partial charge in [0.15, 0.2) is 0 Å². The standard InChI is InChI=1S/C32H42N4O4S/c1-4-35(5-2)24-16-14-23(15-17-24)34-29(39)27-32-19-18-31(3,41-32)25(28(38)33-22-12-8-6-9-13-22)26(32)30(40)36(27)20-10-7-11-21-37/h6,8-9,12-17,25-27,37H,4-5,7,10-11,18-21H2,1-3H3,(H,33,38)(H,34,39)/t25-,26+,27?,31+,32?/m1/s1. The molecule has 0 saturated carbocycles. The van der Waals surface area contributed by atoms with Crippen molar-refractivity contribution in [3.63, 3.8) is 0 Å². The summed E-state index contributed by atoms with van der Waals surface area (Å²) in [4.78, 5) is 46.1. The molecule has 41 heavy (non-hydrogen) atoms. The summed E-state index contributed by atoms with van der Waals surface area (Å²) in [6.45, 7) is 8.64. The fourth-order valence-corrected chi connectivity index (χ4v) is 9.59. The number of nitrogens with zero attached hydrogens (tertiary/aromatic N) is 2. The predicted octanol–water partition coefficient (Wildman–Crippen LogP) is 4.75. The highest BCUT2D eigenvalue weighted by Gasteiger charge is 2.77. The van der Waals surface area contributed by atoms with E-state index in [1.165, 1.54) is 0 Å². The Bertz CT molecular complexity index is 1250. The van der Waals surface area contributed by atoms with Gasteiger partial charge in [0.05, 0.1) is 16.6 Å². The number of aliphatic hydroxyl groups excluding tert-OH is 1. The van der Waals surface area contributed by atoms with Gasteiger partial charge in [-0.3, -0.25) is 14.4 Å². The van der Waals surface area contributed by atoms with E-state index < -0.39 is 27.4 Å². The summed E-state index contributed by atoms with van der Waals surface area (Å²) in [6.07, 6.45) is 3.60. The number of benzene rings is 2. The van der Waals surface area contributed by atoms with Crippen LogP contribution in [-0.2, 0) is 14.4 Å². The second kappa shape index (κ2) is 12.1. The van der Waals surface area contributed by atoms with Gasteiger partial charge in [0.25, 0.3) is 0 Å². The van der Waals surface area contributed by atoms with Gasteiger partial charge < -0.3 is 25.5 Å². The lowest BCUT2D eigenvalue weighted by Crippen LogP contribution is -2.51. The molecule has 3 aliphatic rings. The molecule has 0 aromatic heterocycles. The Labute approximate surface area is 247 Å². The lowest BCUT2D eigenvalue weighted by Gasteiger charge is -2.35. The van der Waals surface area contributed by atoms with Gasteiger partial charge in [-0.05, 0) is 89.3 Å². The van der Waals surface area contributed by atoms with Gasteiger partial charge in [0.1, 0.15) is 6.04 Å². The van der Waals surface area contributed by atoms with Gasteiger partial charge >= 0.3 is 0 Å². The summed E-state index contributed by atoms with van der Waals surface area (Å²) in [7, 11) is 0. The highest BCUT2D eigenvalue weighted by Crippen LogP contribution is 2.71. The average molecular weight is 579 g/mol. The second-order valence-electron chi connectivity index (χ2n) is 11.6. The summed E-state index contributed by atoms with van der Waals surface area (Å²) in [5.74, 6) is -1.54. The average Bonchev–Trinajstić information content (AvgIpc) is 3.53. The van der Waals surface area contributed by atoms with Crippen LogP contribution in [0.2, 0.25) is 0 Å². The van der Waals surface area contributed by atoms with E-state index in [1.54, 1.807) is 16.7 Å². The summed E-state index contributed by atoms with van der Waals surface area (Å²) in [6, 6.07) is 16.5. The number of para-hydroxylation sites is 1. The highest BCUT2D eigenvalue weighted by molar-refractivity contribution is 8.02. The van der Waals surface area contributed by atoms with Gasteiger partial charge in [0.2, 0.25) is 17.7 Å². The first kappa shape index (κ1) is 29.5. The predicted molar refractivity (Wildman–Crippen MR) is 165 cm³/mol. The molecule has 3 saturated heterocycles. The molecule has 0 radical (unpaired) electrons. The van der Waals surface area contributed by atoms with Crippen molar-refractivity contribution in [2.45, 2.75) is 68.4 Å². The summed E-state index contributed by atoms with van der Waals surface area (Å²) < 4.78 is -1.08. The van der Waals surface area contributed by atoms with Crippen molar-refractivity contribution in [1.82, 2.24) is 4.90 Å². The number of anilines is 3. The number of carbonyl (C=O) groups excluding carboxylic acids is 3. The number of likely N-dealkylation sites (tertiary alicyclic amines) is 1. The summed E-state index contributed by atoms with van der Waals surface area (Å²) in [5.41, 5.74) is 2.50. The van der Waals surface area contributed by atoms with Gasteiger partial charge in [-0.1, -0.05) is 18.2 Å². The van der Waals surface area contributed by atoms with Crippen molar-refractivity contribution in [2.24, 2.45) is 11.8 Å². The first-order chi connectivity index (χ1) is 19.8. The van der Waals surface area contributed by atoms with Crippen molar-refractivity contribution in [3.05, 3.63) is 54.6 Å². The minimum atomic E-state index is -0.669. The summed E-state index contributed by atoms with van der Waals surface area (Å²) >= 11 is 1.68. The topological polar surface area (TPSA) is 102 Å². The number of unbranched alkanes of at least 4 members (excludes halogenated alkanes) is 2. The van der Waals surface area contributed by atoms with Crippen molar-refractivity contribution in [2.75, 3.05) is 41.8 Å². The van der Waals surface area contributed by atoms with Crippen LogP contribution in [-0.4, -0.2) is 69.5 Å². The lowest BCUT2D eigenvalue weighted by molar-refractivity contribution is -0.139. The molecule has 9 heteroatoms. The number of fused-ring (bicyclic) bond motifs is 1. The molecule has 1 spiro atoms. The van der Waals surface area contributed by atoms with Crippen molar-refractivity contribution in [1.29, 1.82) is 0 Å². The van der Waals surface area contributed by atoms with Crippen LogP contribution in [0.4, 0.5) is 17.1 Å². The van der Waals surface area contributed by atoms with E-state index in [0.29, 0.717) is 37.2 Å². The summed E-state index contributed by atoms with van der Waals surface area (Å²) in [5, 5.41) is 15.4. The minimum Gasteiger partial charge on any atom is -0.396 e. The number of carbonyl (C=O) groups is 3. The molecule has 0 aliphatic carbocycles. The van der Waals surface area contributed by atoms with Gasteiger partial charge in [-0.2, -0.15) is 0 Å². The SMILES string of the molecule is CCN(CC)c1ccc(NC(=O)C2N(CCCCCO)C(=O)[C@@H]3[C@H](C(=O)Nc4ccccc4)[C@]4(C)CCC23S4)cc1. The van der Waals surface area contributed by atoms with Crippen LogP contribution in [0.5, 0.6) is 0 Å². The largest absolute Gasteiger partial charge is 0.396 e. The monoisotopic (exact) mass is 578 g/mol. The number of thioether (sulfide) groups is 1. The van der Waals surface area contributed by atoms with E-state index in [1.807, 2.05) is 54.6 Å². The van der Waals surface area contributed by atoms with Crippen LogP contribution in [0.15, 0.2) is 54.6 Å². The molecule has 3 aliphatic heterocycles. The van der Waals surface area contributed by atoms with Gasteiger partial charge in [-0.15, -0.1) is 11.8 Å². The third-order valence-electron chi connectivity index (χ3n) is 9.17. The molecular formula is C32H42N4O4S. The Balaban J connectivity index is 1.43. The number of amides is 3. The van der Waals surface area contributed by atoms with Gasteiger partial charge in [-0.25, -0.2) is 0 Å². The first-order valence-corrected chi connectivity index (χ1v) is 15.7. The molecule has 2 aromatic carbocycles. The van der Waals surface area contributed by atoms with Crippen molar-refractivity contribution in [3.8, 4) is 0 Å². The van der Waals surface area contributed by atoms with Crippen LogP contribution in [0.3, 0.4) is 0 Å². The molecule has 2 aromatic rings. The quantitative estimate of drug-likeness (QED) is 0.314. The molecule has 2 unspecified atom stereocenters. The number of hydrogen-bond acceptors (Lipinski definition) is 6. The molecule has 220 valence electrons. The number of hydrogen-bond donors (Lipinski definition) is 3. The molecule has 5 atom stereocenters. The van der Waals surface area contributed by atoms with E-state index in [0.717, 1.165) is 31.6 Å². The van der Waals surface area contributed by atoms with Crippen LogP contribution in [0.1, 0.15) is 52.9 Å². The highest BCUT2D eigenvalue weighted by atomic mass is 32.2. The number of nitrogens with one attached hydrogen (secondary N) is 2. The molecular weight excluding hydrogens is 536 g/mol. The fourth-order valence-electron chi connectivity index (χ4n) is 7.23. The molecule has 3 N–H and O–H groups in total. The normalized spacial score (nSPS) is 28.0. The van der Waals surface area contributed by atoms with E-state index in [-0.39, 0.29) is 24.3 Å². The maximum absolute atomic E-state index is 14.2. The van der Waals surface area contributed by atoms with E-state index in [4.69, 9.17) is 0 Å². The molecule has 3 amide bonds. The Morgan fingerprint density at radius 2 is 1.61 bits per heavy atom. The van der Waals surface area contributed by atoms with Crippen molar-refractivity contribution >= 4 is 46.5 Å².